The van der Waals surface area contributed by atoms with Crippen LogP contribution in [0.2, 0.25) is 0 Å². The van der Waals surface area contributed by atoms with Crippen LogP contribution in [0.15, 0.2) is 56.0 Å². The molecule has 0 atom stereocenters. The SMILES string of the molecule is C/C(=N\N=C/c1ccc([N+](=O)[O-])o1)C(=Nc1ccc(N(C)C)cc1)NO. The molecule has 10 heteroatoms. The highest BCUT2D eigenvalue weighted by Crippen LogP contribution is 2.18. The Hall–Kier alpha value is -3.53. The molecule has 2 rings (SSSR count). The Morgan fingerprint density at radius 2 is 1.96 bits per heavy atom. The lowest BCUT2D eigenvalue weighted by Crippen LogP contribution is -2.26. The Morgan fingerprint density at radius 1 is 1.27 bits per heavy atom. The van der Waals surface area contributed by atoms with Gasteiger partial charge in [0.2, 0.25) is 0 Å². The smallest absolute Gasteiger partial charge is 0.400 e. The molecule has 2 N–H and O–H groups in total. The third-order valence-electron chi connectivity index (χ3n) is 3.24. The van der Waals surface area contributed by atoms with E-state index in [4.69, 9.17) is 4.42 Å². The Morgan fingerprint density at radius 3 is 2.50 bits per heavy atom. The zero-order chi connectivity index (χ0) is 19.1. The van der Waals surface area contributed by atoms with Gasteiger partial charge >= 0.3 is 5.88 Å². The first-order chi connectivity index (χ1) is 12.4. The first kappa shape index (κ1) is 18.8. The average Bonchev–Trinajstić information content (AvgIpc) is 3.09. The second-order valence-corrected chi connectivity index (χ2v) is 5.35. The third-order valence-corrected chi connectivity index (χ3v) is 3.24. The fourth-order valence-electron chi connectivity index (χ4n) is 1.87. The molecule has 0 saturated carbocycles. The minimum Gasteiger partial charge on any atom is -0.400 e. The molecule has 2 aromatic rings. The number of hydrogen-bond donors (Lipinski definition) is 2. The van der Waals surface area contributed by atoms with E-state index in [1.54, 1.807) is 19.1 Å². The summed E-state index contributed by atoms with van der Waals surface area (Å²) in [4.78, 5) is 16.1. The predicted molar refractivity (Wildman–Crippen MR) is 98.9 cm³/mol. The Kier molecular flexibility index (Phi) is 6.17. The first-order valence-corrected chi connectivity index (χ1v) is 7.49. The van der Waals surface area contributed by atoms with E-state index >= 15 is 0 Å². The van der Waals surface area contributed by atoms with Crippen molar-refractivity contribution in [2.75, 3.05) is 19.0 Å². The van der Waals surface area contributed by atoms with E-state index in [1.807, 2.05) is 36.6 Å². The maximum Gasteiger partial charge on any atom is 0.433 e. The molecule has 1 aromatic carbocycles. The van der Waals surface area contributed by atoms with Crippen LogP contribution in [0.3, 0.4) is 0 Å². The van der Waals surface area contributed by atoms with Crippen LogP contribution in [0, 0.1) is 10.1 Å². The molecular formula is C16H18N6O4. The Labute approximate surface area is 149 Å². The Bertz CT molecular complexity index is 852. The van der Waals surface area contributed by atoms with Crippen LogP contribution in [-0.4, -0.2) is 42.0 Å². The van der Waals surface area contributed by atoms with Crippen LogP contribution in [0.5, 0.6) is 0 Å². The van der Waals surface area contributed by atoms with E-state index < -0.39 is 4.92 Å². The number of nitrogens with zero attached hydrogens (tertiary/aromatic N) is 5. The molecule has 0 aliphatic heterocycles. The normalized spacial score (nSPS) is 12.5. The molecule has 136 valence electrons. The zero-order valence-corrected chi connectivity index (χ0v) is 14.4. The summed E-state index contributed by atoms with van der Waals surface area (Å²) in [6.45, 7) is 1.60. The minimum absolute atomic E-state index is 0.116. The Balaban J connectivity index is 2.13. The van der Waals surface area contributed by atoms with E-state index in [0.29, 0.717) is 11.4 Å². The fraction of sp³-hybridized carbons (Fsp3) is 0.188. The summed E-state index contributed by atoms with van der Waals surface area (Å²) in [5, 5.41) is 27.5. The number of amidine groups is 1. The van der Waals surface area contributed by atoms with Gasteiger partial charge in [-0.2, -0.15) is 10.2 Å². The molecule has 1 aromatic heterocycles. The first-order valence-electron chi connectivity index (χ1n) is 7.49. The average molecular weight is 358 g/mol. The van der Waals surface area contributed by atoms with Crippen molar-refractivity contribution in [2.45, 2.75) is 6.92 Å². The van der Waals surface area contributed by atoms with Gasteiger partial charge in [-0.3, -0.25) is 20.8 Å². The van der Waals surface area contributed by atoms with Crippen LogP contribution < -0.4 is 10.4 Å². The molecule has 0 aliphatic rings. The number of furan rings is 1. The van der Waals surface area contributed by atoms with Gasteiger partial charge in [0.25, 0.3) is 0 Å². The van der Waals surface area contributed by atoms with Crippen molar-refractivity contribution in [2.24, 2.45) is 15.2 Å². The minimum atomic E-state index is -0.645. The second kappa shape index (κ2) is 8.53. The molecule has 0 unspecified atom stereocenters. The zero-order valence-electron chi connectivity index (χ0n) is 14.4. The molecule has 0 radical (unpaired) electrons. The molecule has 1 heterocycles. The lowest BCUT2D eigenvalue weighted by molar-refractivity contribution is -0.402. The molecule has 26 heavy (non-hydrogen) atoms. The van der Waals surface area contributed by atoms with Gasteiger partial charge < -0.3 is 9.32 Å². The summed E-state index contributed by atoms with van der Waals surface area (Å²) in [5.74, 6) is -0.0826. The number of hydrogen-bond acceptors (Lipinski definition) is 8. The molecule has 0 fully saturated rings. The number of nitrogens with one attached hydrogen (secondary N) is 1. The van der Waals surface area contributed by atoms with Gasteiger partial charge in [-0.15, -0.1) is 0 Å². The van der Waals surface area contributed by atoms with Gasteiger partial charge in [0.05, 0.1) is 18.0 Å². The quantitative estimate of drug-likeness (QED) is 0.353. The topological polar surface area (TPSA) is 129 Å². The van der Waals surface area contributed by atoms with Crippen molar-refractivity contribution in [3.8, 4) is 0 Å². The van der Waals surface area contributed by atoms with Gasteiger partial charge in [0.1, 0.15) is 10.6 Å². The molecule has 0 aliphatic carbocycles. The van der Waals surface area contributed by atoms with Crippen molar-refractivity contribution in [1.82, 2.24) is 5.48 Å². The lowest BCUT2D eigenvalue weighted by atomic mass is 10.2. The van der Waals surface area contributed by atoms with Gasteiger partial charge in [-0.05, 0) is 37.3 Å². The van der Waals surface area contributed by atoms with Crippen LogP contribution in [0.4, 0.5) is 17.3 Å². The number of rotatable bonds is 6. The molecular weight excluding hydrogens is 340 g/mol. The van der Waals surface area contributed by atoms with E-state index in [0.717, 1.165) is 5.69 Å². The number of benzene rings is 1. The van der Waals surface area contributed by atoms with Crippen molar-refractivity contribution in [3.63, 3.8) is 0 Å². The summed E-state index contributed by atoms with van der Waals surface area (Å²) in [6.07, 6.45) is 1.22. The largest absolute Gasteiger partial charge is 0.433 e. The molecule has 0 amide bonds. The summed E-state index contributed by atoms with van der Waals surface area (Å²) in [5.41, 5.74) is 3.92. The van der Waals surface area contributed by atoms with Crippen LogP contribution in [-0.2, 0) is 0 Å². The van der Waals surface area contributed by atoms with Gasteiger partial charge in [0, 0.05) is 19.8 Å². The summed E-state index contributed by atoms with van der Waals surface area (Å²) < 4.78 is 4.92. The summed E-state index contributed by atoms with van der Waals surface area (Å²) >= 11 is 0. The standard InChI is InChI=1S/C16H18N6O4/c1-11(19-17-10-14-8-9-15(26-14)22(24)25)16(20-23)18-12-4-6-13(7-5-12)21(2)3/h4-10,23H,1-3H3,(H,18,20)/b17-10-,19-11+. The molecule has 10 nitrogen and oxygen atoms in total. The predicted octanol–water partition coefficient (Wildman–Crippen LogP) is 2.76. The van der Waals surface area contributed by atoms with Crippen LogP contribution in [0.25, 0.3) is 0 Å². The van der Waals surface area contributed by atoms with Crippen molar-refractivity contribution in [3.05, 3.63) is 52.3 Å². The van der Waals surface area contributed by atoms with Gasteiger partial charge in [0.15, 0.2) is 11.6 Å². The van der Waals surface area contributed by atoms with Crippen LogP contribution in [0.1, 0.15) is 12.7 Å². The van der Waals surface area contributed by atoms with Crippen molar-refractivity contribution >= 4 is 35.0 Å². The maximum absolute atomic E-state index is 10.5. The highest BCUT2D eigenvalue weighted by atomic mass is 16.6. The monoisotopic (exact) mass is 358 g/mol. The lowest BCUT2D eigenvalue weighted by Gasteiger charge is -2.12. The maximum atomic E-state index is 10.5. The van der Waals surface area contributed by atoms with E-state index in [2.05, 4.69) is 15.2 Å². The summed E-state index contributed by atoms with van der Waals surface area (Å²) in [6, 6.07) is 10.00. The van der Waals surface area contributed by atoms with Crippen molar-refractivity contribution in [1.29, 1.82) is 0 Å². The third kappa shape index (κ3) is 4.98. The van der Waals surface area contributed by atoms with Gasteiger partial charge in [-0.1, -0.05) is 0 Å². The molecule has 0 spiro atoms. The number of aliphatic imine (C=N–C) groups is 1. The number of anilines is 1. The van der Waals surface area contributed by atoms with E-state index in [-0.39, 0.29) is 17.5 Å². The van der Waals surface area contributed by atoms with Crippen LogP contribution >= 0.6 is 0 Å². The highest BCUT2D eigenvalue weighted by Gasteiger charge is 2.10. The fourth-order valence-corrected chi connectivity index (χ4v) is 1.87. The highest BCUT2D eigenvalue weighted by molar-refractivity contribution is 6.40. The molecule has 0 bridgehead atoms. The van der Waals surface area contributed by atoms with Crippen molar-refractivity contribution < 1.29 is 14.5 Å². The van der Waals surface area contributed by atoms with Gasteiger partial charge in [-0.25, -0.2) is 4.99 Å². The summed E-state index contributed by atoms with van der Waals surface area (Å²) in [7, 11) is 3.86. The number of nitro groups is 1. The molecule has 0 saturated heterocycles. The van der Waals surface area contributed by atoms with E-state index in [9.17, 15) is 15.3 Å². The number of hydroxylamine groups is 1. The second-order valence-electron chi connectivity index (χ2n) is 5.35. The van der Waals surface area contributed by atoms with E-state index in [1.165, 1.54) is 18.3 Å².